The van der Waals surface area contributed by atoms with Crippen LogP contribution in [0.3, 0.4) is 0 Å². The molecule has 0 aliphatic heterocycles. The Morgan fingerprint density at radius 3 is 2.07 bits per heavy atom. The topological polar surface area (TPSA) is 67.2 Å². The Hall–Kier alpha value is -2.92. The van der Waals surface area contributed by atoms with Gasteiger partial charge in [-0.25, -0.2) is 0 Å². The predicted molar refractivity (Wildman–Crippen MR) is 108 cm³/mol. The lowest BCUT2D eigenvalue weighted by atomic mass is 9.75. The maximum Gasteiger partial charge on any atom is 0.232 e. The lowest BCUT2D eigenvalue weighted by molar-refractivity contribution is -0.123. The van der Waals surface area contributed by atoms with E-state index in [0.29, 0.717) is 12.8 Å². The summed E-state index contributed by atoms with van der Waals surface area (Å²) < 4.78 is 1.75. The second-order valence-electron chi connectivity index (χ2n) is 7.57. The van der Waals surface area contributed by atoms with Crippen LogP contribution in [0.2, 0.25) is 0 Å². The van der Waals surface area contributed by atoms with Crippen molar-refractivity contribution in [3.05, 3.63) is 89.7 Å². The largest absolute Gasteiger partial charge is 0.393 e. The normalized spacial score (nSPS) is 19.8. The molecule has 2 N–H and O–H groups in total. The summed E-state index contributed by atoms with van der Waals surface area (Å²) in [5.74, 6) is -0.199. The lowest BCUT2D eigenvalue weighted by Crippen LogP contribution is -2.43. The van der Waals surface area contributed by atoms with Crippen LogP contribution in [0, 0.1) is 5.92 Å². The molecule has 1 aliphatic carbocycles. The highest BCUT2D eigenvalue weighted by Gasteiger charge is 2.37. The molecule has 5 heteroatoms. The summed E-state index contributed by atoms with van der Waals surface area (Å²) in [6, 6.07) is 19.5. The van der Waals surface area contributed by atoms with E-state index in [0.717, 1.165) is 16.7 Å². The van der Waals surface area contributed by atoms with Gasteiger partial charge < -0.3 is 10.4 Å². The van der Waals surface area contributed by atoms with Crippen molar-refractivity contribution in [3.63, 3.8) is 0 Å². The van der Waals surface area contributed by atoms with Gasteiger partial charge in [0.2, 0.25) is 5.91 Å². The number of aliphatic hydroxyl groups is 1. The minimum atomic E-state index is -0.383. The Morgan fingerprint density at radius 1 is 1.04 bits per heavy atom. The minimum Gasteiger partial charge on any atom is -0.393 e. The Bertz CT molecular complexity index is 878. The summed E-state index contributed by atoms with van der Waals surface area (Å²) in [5, 5.41) is 17.3. The first kappa shape index (κ1) is 18.4. The highest BCUT2D eigenvalue weighted by Crippen LogP contribution is 2.38. The van der Waals surface area contributed by atoms with Gasteiger partial charge in [0, 0.05) is 18.8 Å². The van der Waals surface area contributed by atoms with E-state index >= 15 is 0 Å². The van der Waals surface area contributed by atoms with Crippen LogP contribution in [0.5, 0.6) is 0 Å². The van der Waals surface area contributed by atoms with Crippen molar-refractivity contribution >= 4 is 5.91 Å². The standard InChI is InChI=1S/C23H25N3O2/c1-26-15-19(14-24-26)22(18-12-20(27)13-18)25-23(28)21(16-8-4-2-5-9-16)17-10-6-3-7-11-17/h2-11,14-15,18,20-22,27H,12-13H2,1H3,(H,25,28)/t18?,20?,22-/m1/s1. The van der Waals surface area contributed by atoms with Crippen molar-refractivity contribution in [2.45, 2.75) is 30.9 Å². The fraction of sp³-hybridized carbons (Fsp3) is 0.304. The molecule has 2 aromatic carbocycles. The van der Waals surface area contributed by atoms with Gasteiger partial charge in [-0.1, -0.05) is 60.7 Å². The highest BCUT2D eigenvalue weighted by atomic mass is 16.3. The molecule has 0 radical (unpaired) electrons. The first-order valence-corrected chi connectivity index (χ1v) is 9.68. The van der Waals surface area contributed by atoms with Gasteiger partial charge in [0.25, 0.3) is 0 Å². The molecule has 144 valence electrons. The molecule has 0 saturated heterocycles. The summed E-state index contributed by atoms with van der Waals surface area (Å²) in [6.45, 7) is 0. The van der Waals surface area contributed by atoms with E-state index in [2.05, 4.69) is 10.4 Å². The van der Waals surface area contributed by atoms with Crippen LogP contribution in [0.4, 0.5) is 0 Å². The van der Waals surface area contributed by atoms with Gasteiger partial charge in [0.15, 0.2) is 0 Å². The monoisotopic (exact) mass is 375 g/mol. The first-order valence-electron chi connectivity index (χ1n) is 9.68. The molecule has 5 nitrogen and oxygen atoms in total. The van der Waals surface area contributed by atoms with Gasteiger partial charge in [0.1, 0.15) is 0 Å². The molecule has 1 atom stereocenters. The number of hydrogen-bond acceptors (Lipinski definition) is 3. The fourth-order valence-corrected chi connectivity index (χ4v) is 4.00. The lowest BCUT2D eigenvalue weighted by Gasteiger charge is -2.38. The quantitative estimate of drug-likeness (QED) is 0.695. The number of hydrogen-bond donors (Lipinski definition) is 2. The number of aryl methyl sites for hydroxylation is 1. The molecule has 4 rings (SSSR count). The van der Waals surface area contributed by atoms with Crippen molar-refractivity contribution in [1.29, 1.82) is 0 Å². The fourth-order valence-electron chi connectivity index (χ4n) is 4.00. The number of aromatic nitrogens is 2. The molecular weight excluding hydrogens is 350 g/mol. The molecule has 1 heterocycles. The van der Waals surface area contributed by atoms with Crippen LogP contribution in [-0.2, 0) is 11.8 Å². The second-order valence-corrected chi connectivity index (χ2v) is 7.57. The second kappa shape index (κ2) is 7.98. The number of nitrogens with zero attached hydrogens (tertiary/aromatic N) is 2. The molecule has 1 aliphatic rings. The summed E-state index contributed by atoms with van der Waals surface area (Å²) in [5.41, 5.74) is 2.90. The van der Waals surface area contributed by atoms with Crippen molar-refractivity contribution in [3.8, 4) is 0 Å². The maximum atomic E-state index is 13.5. The summed E-state index contributed by atoms with van der Waals surface area (Å²) in [4.78, 5) is 13.5. The predicted octanol–water partition coefficient (Wildman–Crippen LogP) is 3.18. The molecule has 3 aromatic rings. The molecule has 1 saturated carbocycles. The number of aliphatic hydroxyl groups excluding tert-OH is 1. The summed E-state index contributed by atoms with van der Waals surface area (Å²) in [7, 11) is 1.87. The molecule has 1 fully saturated rings. The summed E-state index contributed by atoms with van der Waals surface area (Å²) >= 11 is 0. The van der Waals surface area contributed by atoms with E-state index < -0.39 is 0 Å². The van der Waals surface area contributed by atoms with E-state index in [-0.39, 0.29) is 29.9 Å². The average Bonchev–Trinajstić information content (AvgIpc) is 3.12. The summed E-state index contributed by atoms with van der Waals surface area (Å²) in [6.07, 6.45) is 4.86. The van der Waals surface area contributed by atoms with Crippen LogP contribution >= 0.6 is 0 Å². The molecule has 0 unspecified atom stereocenters. The molecule has 1 amide bonds. The van der Waals surface area contributed by atoms with E-state index in [1.54, 1.807) is 10.9 Å². The number of benzene rings is 2. The van der Waals surface area contributed by atoms with Crippen LogP contribution < -0.4 is 5.32 Å². The Balaban J connectivity index is 1.64. The zero-order chi connectivity index (χ0) is 19.5. The van der Waals surface area contributed by atoms with Gasteiger partial charge in [-0.3, -0.25) is 9.48 Å². The Kier molecular flexibility index (Phi) is 5.26. The molecule has 28 heavy (non-hydrogen) atoms. The van der Waals surface area contributed by atoms with E-state index in [9.17, 15) is 9.90 Å². The van der Waals surface area contributed by atoms with Gasteiger partial charge >= 0.3 is 0 Å². The van der Waals surface area contributed by atoms with Crippen molar-refractivity contribution in [2.24, 2.45) is 13.0 Å². The molecule has 1 aromatic heterocycles. The average molecular weight is 375 g/mol. The van der Waals surface area contributed by atoms with E-state index in [1.807, 2.05) is 73.9 Å². The van der Waals surface area contributed by atoms with E-state index in [4.69, 9.17) is 0 Å². The van der Waals surface area contributed by atoms with Gasteiger partial charge in [-0.05, 0) is 29.9 Å². The smallest absolute Gasteiger partial charge is 0.232 e. The number of carbonyl (C=O) groups is 1. The highest BCUT2D eigenvalue weighted by molar-refractivity contribution is 5.87. The van der Waals surface area contributed by atoms with Gasteiger partial charge in [-0.15, -0.1) is 0 Å². The SMILES string of the molecule is Cn1cc([C@H](NC(=O)C(c2ccccc2)c2ccccc2)C2CC(O)C2)cn1. The zero-order valence-electron chi connectivity index (χ0n) is 15.9. The third-order valence-corrected chi connectivity index (χ3v) is 5.53. The van der Waals surface area contributed by atoms with Crippen molar-refractivity contribution in [1.82, 2.24) is 15.1 Å². The van der Waals surface area contributed by atoms with Crippen LogP contribution in [0.25, 0.3) is 0 Å². The number of rotatable bonds is 6. The van der Waals surface area contributed by atoms with Crippen molar-refractivity contribution in [2.75, 3.05) is 0 Å². The molecular formula is C23H25N3O2. The van der Waals surface area contributed by atoms with E-state index in [1.165, 1.54) is 0 Å². The third kappa shape index (κ3) is 3.85. The van der Waals surface area contributed by atoms with Gasteiger partial charge in [0.05, 0.1) is 24.3 Å². The number of amides is 1. The first-order chi connectivity index (χ1) is 13.6. The van der Waals surface area contributed by atoms with Crippen LogP contribution in [0.1, 0.15) is 41.5 Å². The molecule has 0 spiro atoms. The minimum absolute atomic E-state index is 0.0346. The Labute approximate surface area is 165 Å². The van der Waals surface area contributed by atoms with Crippen molar-refractivity contribution < 1.29 is 9.90 Å². The maximum absolute atomic E-state index is 13.5. The Morgan fingerprint density at radius 2 is 1.61 bits per heavy atom. The third-order valence-electron chi connectivity index (χ3n) is 5.53. The van der Waals surface area contributed by atoms with Crippen LogP contribution in [-0.4, -0.2) is 26.9 Å². The van der Waals surface area contributed by atoms with Gasteiger partial charge in [-0.2, -0.15) is 5.10 Å². The number of carbonyl (C=O) groups excluding carboxylic acids is 1. The molecule has 0 bridgehead atoms. The van der Waals surface area contributed by atoms with Crippen LogP contribution in [0.15, 0.2) is 73.1 Å². The zero-order valence-corrected chi connectivity index (χ0v) is 15.9. The number of nitrogens with one attached hydrogen (secondary N) is 1.